The molecule has 0 amide bonds. The SMILES string of the molecule is CCOC(=O)C/C=C/CN(C(F)(F)F)C(F)(F)F. The van der Waals surface area contributed by atoms with Gasteiger partial charge in [-0.2, -0.15) is 26.3 Å². The number of alkyl halides is 6. The fraction of sp³-hybridized carbons (Fsp3) is 0.667. The van der Waals surface area contributed by atoms with Gasteiger partial charge >= 0.3 is 18.6 Å². The van der Waals surface area contributed by atoms with E-state index >= 15 is 0 Å². The molecular formula is C9H11F6NO2. The molecular weight excluding hydrogens is 268 g/mol. The van der Waals surface area contributed by atoms with Gasteiger partial charge in [0.2, 0.25) is 0 Å². The molecule has 9 heteroatoms. The van der Waals surface area contributed by atoms with Gasteiger partial charge in [-0.15, -0.1) is 4.90 Å². The summed E-state index contributed by atoms with van der Waals surface area (Å²) in [5.74, 6) is -0.723. The van der Waals surface area contributed by atoms with Crippen molar-refractivity contribution in [3.8, 4) is 0 Å². The van der Waals surface area contributed by atoms with Crippen LogP contribution in [0.5, 0.6) is 0 Å². The van der Waals surface area contributed by atoms with Crippen LogP contribution in [0.4, 0.5) is 26.3 Å². The summed E-state index contributed by atoms with van der Waals surface area (Å²) in [5.41, 5.74) is 0. The van der Waals surface area contributed by atoms with Crippen molar-refractivity contribution in [3.05, 3.63) is 12.2 Å². The van der Waals surface area contributed by atoms with Crippen molar-refractivity contribution < 1.29 is 35.9 Å². The zero-order valence-corrected chi connectivity index (χ0v) is 9.31. The lowest BCUT2D eigenvalue weighted by Gasteiger charge is -2.25. The molecule has 0 aliphatic rings. The van der Waals surface area contributed by atoms with Crippen molar-refractivity contribution in [1.29, 1.82) is 0 Å². The Balaban J connectivity index is 4.38. The van der Waals surface area contributed by atoms with E-state index in [1.54, 1.807) is 0 Å². The van der Waals surface area contributed by atoms with Gasteiger partial charge < -0.3 is 4.74 Å². The highest BCUT2D eigenvalue weighted by Gasteiger charge is 2.52. The summed E-state index contributed by atoms with van der Waals surface area (Å²) >= 11 is 0. The molecule has 0 spiro atoms. The fourth-order valence-electron chi connectivity index (χ4n) is 0.930. The van der Waals surface area contributed by atoms with Crippen LogP contribution in [0.3, 0.4) is 0 Å². The molecule has 0 aliphatic carbocycles. The molecule has 0 radical (unpaired) electrons. The van der Waals surface area contributed by atoms with E-state index < -0.39 is 30.0 Å². The van der Waals surface area contributed by atoms with E-state index in [9.17, 15) is 31.1 Å². The molecule has 0 saturated carbocycles. The first-order valence-corrected chi connectivity index (χ1v) is 4.80. The summed E-state index contributed by atoms with van der Waals surface area (Å²) in [7, 11) is 0. The summed E-state index contributed by atoms with van der Waals surface area (Å²) in [5, 5.41) is 0. The minimum atomic E-state index is -5.52. The van der Waals surface area contributed by atoms with Gasteiger partial charge in [0, 0.05) is 6.54 Å². The Kier molecular flexibility index (Phi) is 6.16. The fourth-order valence-corrected chi connectivity index (χ4v) is 0.930. The van der Waals surface area contributed by atoms with Crippen LogP contribution in [-0.2, 0) is 9.53 Å². The molecule has 0 atom stereocenters. The summed E-state index contributed by atoms with van der Waals surface area (Å²) in [4.78, 5) is 9.15. The number of hydrogen-bond donors (Lipinski definition) is 0. The second-order valence-electron chi connectivity index (χ2n) is 3.03. The largest absolute Gasteiger partial charge is 0.467 e. The van der Waals surface area contributed by atoms with E-state index in [0.29, 0.717) is 6.08 Å². The van der Waals surface area contributed by atoms with Crippen molar-refractivity contribution in [1.82, 2.24) is 4.90 Å². The molecule has 0 rings (SSSR count). The molecule has 0 aromatic rings. The van der Waals surface area contributed by atoms with E-state index in [1.165, 1.54) is 6.92 Å². The molecule has 0 heterocycles. The minimum Gasteiger partial charge on any atom is -0.466 e. The van der Waals surface area contributed by atoms with Crippen molar-refractivity contribution in [2.45, 2.75) is 25.9 Å². The molecule has 0 bridgehead atoms. The third kappa shape index (κ3) is 6.48. The Morgan fingerprint density at radius 1 is 1.11 bits per heavy atom. The van der Waals surface area contributed by atoms with Gasteiger partial charge in [0.05, 0.1) is 13.0 Å². The van der Waals surface area contributed by atoms with Gasteiger partial charge in [-0.1, -0.05) is 12.2 Å². The maximum atomic E-state index is 12.0. The molecule has 3 nitrogen and oxygen atoms in total. The van der Waals surface area contributed by atoms with Crippen LogP contribution < -0.4 is 0 Å². The second-order valence-corrected chi connectivity index (χ2v) is 3.03. The van der Waals surface area contributed by atoms with Gasteiger partial charge in [0.15, 0.2) is 0 Å². The number of carbonyl (C=O) groups excluding carboxylic acids is 1. The Morgan fingerprint density at radius 2 is 1.61 bits per heavy atom. The van der Waals surface area contributed by atoms with E-state index in [-0.39, 0.29) is 13.0 Å². The minimum absolute atomic E-state index is 0.0872. The Hall–Kier alpha value is -1.25. The topological polar surface area (TPSA) is 29.5 Å². The lowest BCUT2D eigenvalue weighted by Crippen LogP contribution is -2.47. The number of esters is 1. The molecule has 18 heavy (non-hydrogen) atoms. The van der Waals surface area contributed by atoms with Crippen LogP contribution in [0.1, 0.15) is 13.3 Å². The number of carbonyl (C=O) groups is 1. The normalized spacial score (nSPS) is 13.3. The Bertz CT molecular complexity index is 282. The quantitative estimate of drug-likeness (QED) is 0.335. The zero-order valence-electron chi connectivity index (χ0n) is 9.31. The maximum Gasteiger partial charge on any atom is 0.467 e. The molecule has 0 fully saturated rings. The molecule has 0 aliphatic heterocycles. The third-order valence-electron chi connectivity index (χ3n) is 1.66. The van der Waals surface area contributed by atoms with E-state index in [2.05, 4.69) is 4.74 Å². The maximum absolute atomic E-state index is 12.0. The lowest BCUT2D eigenvalue weighted by molar-refractivity contribution is -0.369. The number of nitrogens with zero attached hydrogens (tertiary/aromatic N) is 1. The molecule has 106 valence electrons. The molecule has 0 unspecified atom stereocenters. The highest BCUT2D eigenvalue weighted by Crippen LogP contribution is 2.32. The monoisotopic (exact) mass is 279 g/mol. The van der Waals surface area contributed by atoms with Crippen LogP contribution in [0.2, 0.25) is 0 Å². The van der Waals surface area contributed by atoms with Crippen LogP contribution in [0.25, 0.3) is 0 Å². The summed E-state index contributed by atoms with van der Waals surface area (Å²) in [6.07, 6.45) is -9.92. The lowest BCUT2D eigenvalue weighted by atomic mass is 10.3. The molecule has 0 aromatic heterocycles. The predicted octanol–water partition coefficient (Wildman–Crippen LogP) is 2.84. The van der Waals surface area contributed by atoms with E-state index in [4.69, 9.17) is 0 Å². The van der Waals surface area contributed by atoms with Gasteiger partial charge in [-0.3, -0.25) is 4.79 Å². The molecule has 0 N–H and O–H groups in total. The van der Waals surface area contributed by atoms with Crippen LogP contribution >= 0.6 is 0 Å². The molecule has 0 saturated heterocycles. The highest BCUT2D eigenvalue weighted by atomic mass is 19.4. The summed E-state index contributed by atoms with van der Waals surface area (Å²) in [6.45, 7) is 0.201. The second kappa shape index (κ2) is 6.62. The smallest absolute Gasteiger partial charge is 0.466 e. The van der Waals surface area contributed by atoms with Crippen molar-refractivity contribution in [2.75, 3.05) is 13.2 Å². The number of hydrogen-bond acceptors (Lipinski definition) is 3. The van der Waals surface area contributed by atoms with E-state index in [1.807, 2.05) is 0 Å². The molecule has 0 aromatic carbocycles. The van der Waals surface area contributed by atoms with Crippen molar-refractivity contribution >= 4 is 5.97 Å². The average molecular weight is 279 g/mol. The summed E-state index contributed by atoms with van der Waals surface area (Å²) in [6, 6.07) is 0. The number of rotatable bonds is 5. The van der Waals surface area contributed by atoms with Crippen molar-refractivity contribution in [3.63, 3.8) is 0 Å². The third-order valence-corrected chi connectivity index (χ3v) is 1.66. The number of halogens is 6. The first kappa shape index (κ1) is 16.8. The van der Waals surface area contributed by atoms with Crippen LogP contribution in [0.15, 0.2) is 12.2 Å². The first-order valence-electron chi connectivity index (χ1n) is 4.80. The number of ether oxygens (including phenoxy) is 1. The predicted molar refractivity (Wildman–Crippen MR) is 49.2 cm³/mol. The standard InChI is InChI=1S/C9H11F6NO2/c1-2-18-7(17)5-3-4-6-16(8(10,11)12)9(13,14)15/h3-4H,2,5-6H2,1H3/b4-3+. The van der Waals surface area contributed by atoms with Gasteiger partial charge in [-0.25, -0.2) is 0 Å². The van der Waals surface area contributed by atoms with Crippen LogP contribution in [-0.4, -0.2) is 36.6 Å². The highest BCUT2D eigenvalue weighted by molar-refractivity contribution is 5.71. The Labute approximate surface area is 99.0 Å². The van der Waals surface area contributed by atoms with Gasteiger partial charge in [-0.05, 0) is 6.92 Å². The summed E-state index contributed by atoms with van der Waals surface area (Å²) < 4.78 is 76.5. The van der Waals surface area contributed by atoms with Crippen LogP contribution in [0, 0.1) is 0 Å². The van der Waals surface area contributed by atoms with Gasteiger partial charge in [0.1, 0.15) is 0 Å². The van der Waals surface area contributed by atoms with E-state index in [0.717, 1.165) is 6.08 Å². The van der Waals surface area contributed by atoms with Crippen molar-refractivity contribution in [2.24, 2.45) is 0 Å². The first-order chi connectivity index (χ1) is 8.09. The zero-order chi connectivity index (χ0) is 14.4. The average Bonchev–Trinajstić information content (AvgIpc) is 2.13. The Morgan fingerprint density at radius 3 is 2.00 bits per heavy atom. The van der Waals surface area contributed by atoms with Gasteiger partial charge in [0.25, 0.3) is 0 Å².